The second-order valence-electron chi connectivity index (χ2n) is 6.52. The van der Waals surface area contributed by atoms with E-state index in [1.54, 1.807) is 47.4 Å². The predicted molar refractivity (Wildman–Crippen MR) is 106 cm³/mol. The number of rotatable bonds is 5. The summed E-state index contributed by atoms with van der Waals surface area (Å²) in [6.07, 6.45) is 3.10. The van der Waals surface area contributed by atoms with Crippen LogP contribution in [0.3, 0.4) is 0 Å². The minimum atomic E-state index is -0.403. The van der Waals surface area contributed by atoms with Crippen LogP contribution in [-0.4, -0.2) is 36.4 Å². The highest BCUT2D eigenvalue weighted by Gasteiger charge is 2.21. The topological polar surface area (TPSA) is 82.4 Å². The SMILES string of the molecule is N#Cc1ccc(OCC(=O)Nc2cc(Cl)ccc2C(=O)N2CCCCC2)cc1. The number of likely N-dealkylation sites (tertiary alicyclic amines) is 1. The first-order chi connectivity index (χ1) is 13.6. The number of amides is 2. The molecular formula is C21H20ClN3O3. The van der Waals surface area contributed by atoms with Crippen LogP contribution < -0.4 is 10.1 Å². The zero-order valence-corrected chi connectivity index (χ0v) is 16.0. The van der Waals surface area contributed by atoms with E-state index in [-0.39, 0.29) is 12.5 Å². The molecule has 2 aromatic rings. The van der Waals surface area contributed by atoms with Gasteiger partial charge in [0, 0.05) is 18.1 Å². The normalized spacial score (nSPS) is 13.5. The molecule has 0 spiro atoms. The fourth-order valence-corrected chi connectivity index (χ4v) is 3.21. The van der Waals surface area contributed by atoms with Gasteiger partial charge in [-0.25, -0.2) is 0 Å². The Morgan fingerprint density at radius 3 is 2.50 bits per heavy atom. The monoisotopic (exact) mass is 397 g/mol. The first kappa shape index (κ1) is 19.7. The number of anilines is 1. The zero-order valence-electron chi connectivity index (χ0n) is 15.3. The lowest BCUT2D eigenvalue weighted by Gasteiger charge is -2.27. The maximum atomic E-state index is 12.8. The van der Waals surface area contributed by atoms with Crippen LogP contribution in [0.4, 0.5) is 5.69 Å². The van der Waals surface area contributed by atoms with E-state index in [2.05, 4.69) is 5.32 Å². The number of hydrogen-bond acceptors (Lipinski definition) is 4. The summed E-state index contributed by atoms with van der Waals surface area (Å²) in [5.74, 6) is -0.0381. The average molecular weight is 398 g/mol. The summed E-state index contributed by atoms with van der Waals surface area (Å²) in [6.45, 7) is 1.21. The molecule has 7 heteroatoms. The highest BCUT2D eigenvalue weighted by Crippen LogP contribution is 2.24. The van der Waals surface area contributed by atoms with Gasteiger partial charge < -0.3 is 15.0 Å². The Hall–Kier alpha value is -3.04. The smallest absolute Gasteiger partial charge is 0.262 e. The molecule has 2 amide bonds. The van der Waals surface area contributed by atoms with E-state index in [1.165, 1.54) is 0 Å². The molecule has 1 fully saturated rings. The van der Waals surface area contributed by atoms with E-state index in [0.717, 1.165) is 32.4 Å². The molecule has 0 radical (unpaired) electrons. The van der Waals surface area contributed by atoms with Crippen molar-refractivity contribution in [3.8, 4) is 11.8 Å². The molecule has 0 aliphatic carbocycles. The van der Waals surface area contributed by atoms with Gasteiger partial charge in [-0.1, -0.05) is 11.6 Å². The number of halogens is 1. The summed E-state index contributed by atoms with van der Waals surface area (Å²) < 4.78 is 5.44. The van der Waals surface area contributed by atoms with Gasteiger partial charge in [0.1, 0.15) is 5.75 Å². The van der Waals surface area contributed by atoms with Crippen molar-refractivity contribution in [1.29, 1.82) is 5.26 Å². The van der Waals surface area contributed by atoms with Crippen molar-refractivity contribution in [3.05, 3.63) is 58.6 Å². The van der Waals surface area contributed by atoms with Crippen LogP contribution in [0.1, 0.15) is 35.2 Å². The van der Waals surface area contributed by atoms with Gasteiger partial charge in [-0.2, -0.15) is 5.26 Å². The lowest BCUT2D eigenvalue weighted by molar-refractivity contribution is -0.118. The highest BCUT2D eigenvalue weighted by molar-refractivity contribution is 6.31. The fourth-order valence-electron chi connectivity index (χ4n) is 3.03. The Labute approximate surface area is 168 Å². The third-order valence-corrected chi connectivity index (χ3v) is 4.72. The second kappa shape index (κ2) is 9.25. The predicted octanol–water partition coefficient (Wildman–Crippen LogP) is 3.86. The van der Waals surface area contributed by atoms with E-state index in [0.29, 0.717) is 27.6 Å². The summed E-state index contributed by atoms with van der Waals surface area (Å²) >= 11 is 6.06. The van der Waals surface area contributed by atoms with E-state index in [4.69, 9.17) is 21.6 Å². The molecule has 0 saturated carbocycles. The van der Waals surface area contributed by atoms with Gasteiger partial charge in [-0.05, 0) is 61.7 Å². The maximum absolute atomic E-state index is 12.8. The molecule has 6 nitrogen and oxygen atoms in total. The van der Waals surface area contributed by atoms with Crippen LogP contribution in [0, 0.1) is 11.3 Å². The number of carbonyl (C=O) groups is 2. The zero-order chi connectivity index (χ0) is 19.9. The molecule has 0 bridgehead atoms. The van der Waals surface area contributed by atoms with Crippen molar-refractivity contribution in [1.82, 2.24) is 4.90 Å². The maximum Gasteiger partial charge on any atom is 0.262 e. The molecule has 3 rings (SSSR count). The summed E-state index contributed by atoms with van der Waals surface area (Å²) in [6, 6.07) is 13.3. The number of carbonyl (C=O) groups excluding carboxylic acids is 2. The lowest BCUT2D eigenvalue weighted by Crippen LogP contribution is -2.36. The van der Waals surface area contributed by atoms with Crippen LogP contribution in [0.25, 0.3) is 0 Å². The Morgan fingerprint density at radius 2 is 1.82 bits per heavy atom. The van der Waals surface area contributed by atoms with Crippen molar-refractivity contribution >= 4 is 29.1 Å². The summed E-state index contributed by atoms with van der Waals surface area (Å²) in [5, 5.41) is 11.9. The molecule has 1 aliphatic heterocycles. The van der Waals surface area contributed by atoms with Gasteiger partial charge in [0.25, 0.3) is 11.8 Å². The molecule has 1 heterocycles. The Morgan fingerprint density at radius 1 is 1.11 bits per heavy atom. The van der Waals surface area contributed by atoms with E-state index >= 15 is 0 Å². The van der Waals surface area contributed by atoms with Gasteiger partial charge in [-0.15, -0.1) is 0 Å². The molecule has 0 unspecified atom stereocenters. The summed E-state index contributed by atoms with van der Waals surface area (Å²) in [4.78, 5) is 26.9. The number of nitriles is 1. The number of nitrogens with zero attached hydrogens (tertiary/aromatic N) is 2. The van der Waals surface area contributed by atoms with E-state index in [1.807, 2.05) is 6.07 Å². The van der Waals surface area contributed by atoms with Gasteiger partial charge in [0.15, 0.2) is 6.61 Å². The molecule has 1 saturated heterocycles. The molecular weight excluding hydrogens is 378 g/mol. The number of nitrogens with one attached hydrogen (secondary N) is 1. The minimum Gasteiger partial charge on any atom is -0.484 e. The average Bonchev–Trinajstić information content (AvgIpc) is 2.73. The largest absolute Gasteiger partial charge is 0.484 e. The van der Waals surface area contributed by atoms with Crippen molar-refractivity contribution in [2.45, 2.75) is 19.3 Å². The minimum absolute atomic E-state index is 0.111. The molecule has 144 valence electrons. The van der Waals surface area contributed by atoms with Gasteiger partial charge in [-0.3, -0.25) is 9.59 Å². The fraction of sp³-hybridized carbons (Fsp3) is 0.286. The van der Waals surface area contributed by atoms with Crippen molar-refractivity contribution in [2.75, 3.05) is 25.0 Å². The second-order valence-corrected chi connectivity index (χ2v) is 6.95. The van der Waals surface area contributed by atoms with Crippen LogP contribution in [0.2, 0.25) is 5.02 Å². The number of benzene rings is 2. The van der Waals surface area contributed by atoms with Crippen molar-refractivity contribution < 1.29 is 14.3 Å². The standard InChI is InChI=1S/C21H20ClN3O3/c22-16-6-9-18(21(27)25-10-2-1-3-11-25)19(12-16)24-20(26)14-28-17-7-4-15(13-23)5-8-17/h4-9,12H,1-3,10-11,14H2,(H,24,26). The quantitative estimate of drug-likeness (QED) is 0.830. The van der Waals surface area contributed by atoms with Gasteiger partial charge in [0.05, 0.1) is 22.9 Å². The van der Waals surface area contributed by atoms with Crippen molar-refractivity contribution in [3.63, 3.8) is 0 Å². The van der Waals surface area contributed by atoms with Crippen molar-refractivity contribution in [2.24, 2.45) is 0 Å². The first-order valence-corrected chi connectivity index (χ1v) is 9.46. The molecule has 2 aromatic carbocycles. The first-order valence-electron chi connectivity index (χ1n) is 9.08. The summed E-state index contributed by atoms with van der Waals surface area (Å²) in [7, 11) is 0. The van der Waals surface area contributed by atoms with Crippen LogP contribution in [0.15, 0.2) is 42.5 Å². The van der Waals surface area contributed by atoms with E-state index in [9.17, 15) is 9.59 Å². The molecule has 1 N–H and O–H groups in total. The third-order valence-electron chi connectivity index (χ3n) is 4.48. The highest BCUT2D eigenvalue weighted by atomic mass is 35.5. The third kappa shape index (κ3) is 5.02. The lowest BCUT2D eigenvalue weighted by atomic mass is 10.1. The van der Waals surface area contributed by atoms with E-state index < -0.39 is 5.91 Å². The van der Waals surface area contributed by atoms with Gasteiger partial charge in [0.2, 0.25) is 0 Å². The molecule has 0 aromatic heterocycles. The van der Waals surface area contributed by atoms with Crippen LogP contribution in [-0.2, 0) is 4.79 Å². The number of hydrogen-bond donors (Lipinski definition) is 1. The van der Waals surface area contributed by atoms with Crippen LogP contribution >= 0.6 is 11.6 Å². The Kier molecular flexibility index (Phi) is 6.51. The molecule has 1 aliphatic rings. The number of ether oxygens (including phenoxy) is 1. The van der Waals surface area contributed by atoms with Gasteiger partial charge >= 0.3 is 0 Å². The molecule has 0 atom stereocenters. The number of piperidine rings is 1. The molecule has 28 heavy (non-hydrogen) atoms. The Balaban J connectivity index is 1.66. The summed E-state index contributed by atoms with van der Waals surface area (Å²) in [5.41, 5.74) is 1.30. The Bertz CT molecular complexity index is 900. The van der Waals surface area contributed by atoms with Crippen LogP contribution in [0.5, 0.6) is 5.75 Å².